The molecule has 2 fully saturated rings. The van der Waals surface area contributed by atoms with E-state index < -0.39 is 41.7 Å². The van der Waals surface area contributed by atoms with E-state index >= 15 is 0 Å². The fourth-order valence-electron chi connectivity index (χ4n) is 10.3. The van der Waals surface area contributed by atoms with Gasteiger partial charge in [0.05, 0.1) is 0 Å². The Morgan fingerprint density at radius 3 is 1.16 bits per heavy atom. The van der Waals surface area contributed by atoms with Crippen molar-refractivity contribution in [3.05, 3.63) is 145 Å². The third-order valence-corrected chi connectivity index (χ3v) is 13.0. The Morgan fingerprint density at radius 1 is 0.541 bits per heavy atom. The summed E-state index contributed by atoms with van der Waals surface area (Å²) in [4.78, 5) is 0. The number of aryl methyl sites for hydroxylation is 2. The first kappa shape index (κ1) is 52.9. The Bertz CT molecular complexity index is 1950. The molecular weight excluding hydrogens is 1000 g/mol. The van der Waals surface area contributed by atoms with E-state index in [2.05, 4.69) is 150 Å². The monoisotopic (exact) mass is 1060 g/mol. The van der Waals surface area contributed by atoms with Gasteiger partial charge in [-0.1, -0.05) is 138 Å². The number of benzene rings is 4. The number of hydrogen-bond donors (Lipinski definition) is 0. The maximum absolute atomic E-state index is 4.93. The van der Waals surface area contributed by atoms with E-state index in [4.69, 9.17) is 34.1 Å². The molecule has 0 atom stereocenters. The van der Waals surface area contributed by atoms with Gasteiger partial charge in [-0.05, 0) is 97.3 Å². The molecule has 7 heteroatoms. The number of rotatable bonds is 12. The second-order valence-electron chi connectivity index (χ2n) is 17.1. The van der Waals surface area contributed by atoms with Gasteiger partial charge in [0.25, 0.3) is 0 Å². The van der Waals surface area contributed by atoms with Crippen LogP contribution in [0.25, 0.3) is 43.8 Å². The predicted molar refractivity (Wildman–Crippen MR) is 268 cm³/mol. The molecule has 0 unspecified atom stereocenters. The summed E-state index contributed by atoms with van der Waals surface area (Å²) in [5.41, 5.74) is 12.5. The summed E-state index contributed by atoms with van der Waals surface area (Å²) < 4.78 is 0. The first-order valence-corrected chi connectivity index (χ1v) is 36.5. The minimum absolute atomic E-state index is 0.571. The van der Waals surface area contributed by atoms with Crippen LogP contribution in [0.4, 0.5) is 0 Å². The molecule has 2 saturated carbocycles. The Kier molecular flexibility index (Phi) is 24.5. The van der Waals surface area contributed by atoms with Crippen molar-refractivity contribution in [2.45, 2.75) is 130 Å². The number of hydrogen-bond acceptors (Lipinski definition) is 0. The number of fused-ring (bicyclic) bond motifs is 2. The van der Waals surface area contributed by atoms with Crippen LogP contribution in [-0.2, 0) is 67.4 Å². The van der Waals surface area contributed by atoms with E-state index in [9.17, 15) is 0 Å². The molecule has 0 N–H and O–H groups in total. The molecular formula is C54H66Cl4SiZr2. The van der Waals surface area contributed by atoms with Crippen molar-refractivity contribution in [2.24, 2.45) is 10.8 Å². The van der Waals surface area contributed by atoms with Crippen LogP contribution >= 0.6 is 34.1 Å². The van der Waals surface area contributed by atoms with Gasteiger partial charge in [-0.25, -0.2) is 0 Å². The van der Waals surface area contributed by atoms with Gasteiger partial charge in [0, 0.05) is 0 Å². The van der Waals surface area contributed by atoms with Gasteiger partial charge in [-0.2, -0.15) is 12.1 Å². The molecule has 0 bridgehead atoms. The first-order valence-electron chi connectivity index (χ1n) is 22.5. The van der Waals surface area contributed by atoms with Gasteiger partial charge in [0.2, 0.25) is 0 Å². The first-order chi connectivity index (χ1) is 29.7. The fraction of sp³-hybridized carbons (Fsp3) is 0.407. The van der Waals surface area contributed by atoms with Crippen LogP contribution in [0.1, 0.15) is 127 Å². The molecule has 8 rings (SSSR count). The number of halogens is 4. The average molecular weight is 1070 g/mol. The van der Waals surface area contributed by atoms with Crippen LogP contribution < -0.4 is 0 Å². The van der Waals surface area contributed by atoms with Crippen molar-refractivity contribution in [1.29, 1.82) is 0 Å². The van der Waals surface area contributed by atoms with Crippen molar-refractivity contribution in [2.75, 3.05) is 0 Å². The second-order valence-corrected chi connectivity index (χ2v) is 25.1. The molecule has 6 aromatic rings. The van der Waals surface area contributed by atoms with Crippen LogP contribution in [0.15, 0.2) is 109 Å². The SMILES string of the molecule is CCCC1(Cc2cc3c(-c4ccc(CC)cc4)cccc3[cH-]2)CCCC1.CCCC1(Cc2cc3c(-c4ccc(CC)cc4)cccc3[cH-]2)CCCC1.[CH2-][Si][CH2-].[Cl][Zr+2][Cl].[Cl][Zr+2][Cl]. The van der Waals surface area contributed by atoms with Crippen LogP contribution in [0.5, 0.6) is 0 Å². The summed E-state index contributed by atoms with van der Waals surface area (Å²) in [6, 6.07) is 41.7. The molecule has 322 valence electrons. The van der Waals surface area contributed by atoms with Crippen molar-refractivity contribution in [3.8, 4) is 22.3 Å². The van der Waals surface area contributed by atoms with Gasteiger partial charge >= 0.3 is 75.7 Å². The zero-order chi connectivity index (χ0) is 44.1. The van der Waals surface area contributed by atoms with E-state index in [-0.39, 0.29) is 0 Å². The van der Waals surface area contributed by atoms with Gasteiger partial charge < -0.3 is 22.6 Å². The van der Waals surface area contributed by atoms with E-state index in [0.717, 1.165) is 12.8 Å². The summed E-state index contributed by atoms with van der Waals surface area (Å²) in [7, 11) is 20.3. The van der Waals surface area contributed by atoms with Gasteiger partial charge in [-0.3, -0.25) is 0 Å². The zero-order valence-corrected chi connectivity index (χ0v) is 46.1. The van der Waals surface area contributed by atoms with Gasteiger partial charge in [-0.15, -0.1) is 69.1 Å². The third-order valence-electron chi connectivity index (χ3n) is 13.0. The summed E-state index contributed by atoms with van der Waals surface area (Å²) in [5.74, 6) is 0. The Morgan fingerprint density at radius 2 is 0.869 bits per heavy atom. The van der Waals surface area contributed by atoms with Crippen molar-refractivity contribution in [1.82, 2.24) is 0 Å². The quantitative estimate of drug-likeness (QED) is 0.0846. The Balaban J connectivity index is 0.000000225. The zero-order valence-electron chi connectivity index (χ0n) is 37.1. The minimum atomic E-state index is -0.826. The molecule has 2 aliphatic carbocycles. The standard InChI is InChI=1S/2C26H31.C2H4Si.4ClH.2Zr/c2*1-3-14-26(15-5-6-16-26)19-21-17-23-8-7-9-24(25(23)18-21)22-12-10-20(4-2)11-13-22;1-3-2;;;;;;/h2*7-13,17-18H,3-6,14-16,19H2,1-2H3;1-2H2;4*1H;;/q2*-1;-2;;;;;2*+4/p-4. The summed E-state index contributed by atoms with van der Waals surface area (Å²) in [6.07, 6.45) is 21.5. The van der Waals surface area contributed by atoms with Crippen LogP contribution in [0.3, 0.4) is 0 Å². The van der Waals surface area contributed by atoms with Gasteiger partial charge in [0.1, 0.15) is 0 Å². The van der Waals surface area contributed by atoms with Crippen LogP contribution in [0, 0.1) is 23.9 Å². The molecule has 6 aromatic carbocycles. The molecule has 0 aromatic heterocycles. The summed E-state index contributed by atoms with van der Waals surface area (Å²) in [6.45, 7) is 15.9. The maximum atomic E-state index is 4.93. The Hall–Kier alpha value is -0.757. The molecule has 0 saturated heterocycles. The van der Waals surface area contributed by atoms with E-state index in [1.165, 1.54) is 145 Å². The molecule has 2 radical (unpaired) electrons. The Labute approximate surface area is 410 Å². The van der Waals surface area contributed by atoms with Crippen molar-refractivity contribution in [3.63, 3.8) is 0 Å². The molecule has 0 heterocycles. The van der Waals surface area contributed by atoms with E-state index in [0.29, 0.717) is 20.3 Å². The molecule has 61 heavy (non-hydrogen) atoms. The fourth-order valence-corrected chi connectivity index (χ4v) is 10.3. The van der Waals surface area contributed by atoms with Gasteiger partial charge in [0.15, 0.2) is 0 Å². The van der Waals surface area contributed by atoms with E-state index in [1.807, 2.05) is 0 Å². The normalized spacial score (nSPS) is 14.6. The molecule has 2 aliphatic rings. The molecule has 0 aliphatic heterocycles. The van der Waals surface area contributed by atoms with Crippen LogP contribution in [-0.4, -0.2) is 9.52 Å². The average Bonchev–Trinajstić information content (AvgIpc) is 4.10. The van der Waals surface area contributed by atoms with Crippen molar-refractivity contribution >= 4 is 65.1 Å². The summed E-state index contributed by atoms with van der Waals surface area (Å²) >= 11 is -1.65. The molecule has 0 nitrogen and oxygen atoms in total. The van der Waals surface area contributed by atoms with Crippen molar-refractivity contribution < 1.29 is 41.7 Å². The molecule has 0 amide bonds. The molecule has 0 spiro atoms. The summed E-state index contributed by atoms with van der Waals surface area (Å²) in [5, 5.41) is 5.66. The topological polar surface area (TPSA) is 0 Å². The second kappa shape index (κ2) is 28.3. The predicted octanol–water partition coefficient (Wildman–Crippen LogP) is 18.4. The van der Waals surface area contributed by atoms with E-state index in [1.54, 1.807) is 11.1 Å². The third kappa shape index (κ3) is 15.7. The van der Waals surface area contributed by atoms with Crippen LogP contribution in [0.2, 0.25) is 0 Å².